The molecule has 7 heteroatoms. The van der Waals surface area contributed by atoms with E-state index in [9.17, 15) is 14.7 Å². The summed E-state index contributed by atoms with van der Waals surface area (Å²) in [5, 5.41) is 14.8. The van der Waals surface area contributed by atoms with Crippen molar-refractivity contribution in [2.75, 3.05) is 25.1 Å². The van der Waals surface area contributed by atoms with Crippen LogP contribution in [0.4, 0.5) is 10.5 Å². The number of alkyl carbamates (subject to hydrolysis) is 1. The summed E-state index contributed by atoms with van der Waals surface area (Å²) in [5.41, 5.74) is -0.942. The van der Waals surface area contributed by atoms with Crippen molar-refractivity contribution in [3.63, 3.8) is 0 Å². The van der Waals surface area contributed by atoms with Gasteiger partial charge in [-0.25, -0.2) is 4.79 Å². The first kappa shape index (κ1) is 24.8. The third-order valence-corrected chi connectivity index (χ3v) is 4.56. The third kappa shape index (κ3) is 9.65. The number of hydrogen-bond donors (Lipinski definition) is 3. The summed E-state index contributed by atoms with van der Waals surface area (Å²) < 4.78 is 10.7. The van der Waals surface area contributed by atoms with Gasteiger partial charge < -0.3 is 25.2 Å². The highest BCUT2D eigenvalue weighted by Gasteiger charge is 2.35. The topological polar surface area (TPSA) is 96.9 Å². The Morgan fingerprint density at radius 3 is 2.24 bits per heavy atom. The number of ether oxygens (including phenoxy) is 2. The second kappa shape index (κ2) is 13.8. The second-order valence-corrected chi connectivity index (χ2v) is 7.35. The molecule has 0 bridgehead atoms. The molecule has 0 radical (unpaired) electrons. The smallest absolute Gasteiger partial charge is 0.408 e. The van der Waals surface area contributed by atoms with E-state index in [4.69, 9.17) is 9.47 Å². The molecule has 0 spiro atoms. The summed E-state index contributed by atoms with van der Waals surface area (Å²) in [6, 6.07) is 7.01. The number of aliphatic hydroxyl groups is 1. The van der Waals surface area contributed by atoms with Crippen LogP contribution < -0.4 is 15.4 Å². The Labute approximate surface area is 174 Å². The molecule has 0 heterocycles. The van der Waals surface area contributed by atoms with Gasteiger partial charge in [0.05, 0.1) is 19.8 Å². The fourth-order valence-electron chi connectivity index (χ4n) is 2.54. The van der Waals surface area contributed by atoms with Crippen molar-refractivity contribution in [3.8, 4) is 5.75 Å². The maximum absolute atomic E-state index is 12.5. The normalized spacial score (nSPS) is 12.7. The van der Waals surface area contributed by atoms with Gasteiger partial charge in [0.1, 0.15) is 11.3 Å². The summed E-state index contributed by atoms with van der Waals surface area (Å²) in [5.74, 6) is 0.207. The molecule has 29 heavy (non-hydrogen) atoms. The van der Waals surface area contributed by atoms with E-state index in [0.717, 1.165) is 31.4 Å². The number of amides is 2. The molecule has 3 N–H and O–H groups in total. The standard InChI is InChI=1S/C22H36N2O5/c1-4-6-8-9-10-16-28-19-13-11-18(12-14-19)23-20(26)22(3,17-25)24-21(27)29-15-7-5-2/h11-14,25H,4-10,15-17H2,1-3H3,(H,23,26)(H,24,27)/t22-/m0/s1. The fourth-order valence-corrected chi connectivity index (χ4v) is 2.54. The molecule has 2 amide bonds. The van der Waals surface area contributed by atoms with Gasteiger partial charge in [-0.2, -0.15) is 0 Å². The fraction of sp³-hybridized carbons (Fsp3) is 0.636. The van der Waals surface area contributed by atoms with Crippen molar-refractivity contribution >= 4 is 17.7 Å². The Bertz CT molecular complexity index is 606. The first-order chi connectivity index (χ1) is 13.9. The molecule has 164 valence electrons. The highest BCUT2D eigenvalue weighted by Crippen LogP contribution is 2.18. The number of aliphatic hydroxyl groups excluding tert-OH is 1. The number of rotatable bonds is 14. The van der Waals surface area contributed by atoms with Gasteiger partial charge in [-0.3, -0.25) is 4.79 Å². The molecule has 0 aliphatic heterocycles. The van der Waals surface area contributed by atoms with Crippen molar-refractivity contribution in [2.45, 2.75) is 71.3 Å². The predicted octanol–water partition coefficient (Wildman–Crippen LogP) is 4.25. The summed E-state index contributed by atoms with van der Waals surface area (Å²) >= 11 is 0. The Hall–Kier alpha value is -2.28. The first-order valence-electron chi connectivity index (χ1n) is 10.5. The van der Waals surface area contributed by atoms with Crippen molar-refractivity contribution in [1.82, 2.24) is 5.32 Å². The highest BCUT2D eigenvalue weighted by atomic mass is 16.5. The van der Waals surface area contributed by atoms with E-state index >= 15 is 0 Å². The van der Waals surface area contributed by atoms with Crippen molar-refractivity contribution < 1.29 is 24.2 Å². The van der Waals surface area contributed by atoms with Gasteiger partial charge in [-0.1, -0.05) is 46.0 Å². The molecule has 0 aliphatic carbocycles. The van der Waals surface area contributed by atoms with E-state index in [2.05, 4.69) is 17.6 Å². The van der Waals surface area contributed by atoms with Crippen molar-refractivity contribution in [1.29, 1.82) is 0 Å². The zero-order valence-corrected chi connectivity index (χ0v) is 18.0. The molecule has 1 rings (SSSR count). The maximum Gasteiger partial charge on any atom is 0.408 e. The van der Waals surface area contributed by atoms with Gasteiger partial charge in [-0.15, -0.1) is 0 Å². The SMILES string of the molecule is CCCCCCCOc1ccc(NC(=O)[C@](C)(CO)NC(=O)OCCCC)cc1. The molecule has 0 saturated carbocycles. The number of carbonyl (C=O) groups excluding carboxylic acids is 2. The minimum atomic E-state index is -1.49. The minimum Gasteiger partial charge on any atom is -0.494 e. The zero-order valence-electron chi connectivity index (χ0n) is 18.0. The largest absolute Gasteiger partial charge is 0.494 e. The van der Waals surface area contributed by atoms with Gasteiger partial charge in [0, 0.05) is 5.69 Å². The van der Waals surface area contributed by atoms with Crippen molar-refractivity contribution in [2.24, 2.45) is 0 Å². The summed E-state index contributed by atoms with van der Waals surface area (Å²) in [6.07, 6.45) is 6.79. The predicted molar refractivity (Wildman–Crippen MR) is 114 cm³/mol. The maximum atomic E-state index is 12.5. The van der Waals surface area contributed by atoms with Crippen LogP contribution in [0.2, 0.25) is 0 Å². The van der Waals surface area contributed by atoms with Gasteiger partial charge in [0.15, 0.2) is 0 Å². The van der Waals surface area contributed by atoms with Crippen LogP contribution in [-0.4, -0.2) is 42.5 Å². The van der Waals surface area contributed by atoms with Gasteiger partial charge in [0.2, 0.25) is 0 Å². The lowest BCUT2D eigenvalue weighted by Crippen LogP contribution is -2.57. The molecule has 0 aliphatic rings. The number of nitrogens with one attached hydrogen (secondary N) is 2. The van der Waals surface area contributed by atoms with Crippen LogP contribution in [0.15, 0.2) is 24.3 Å². The van der Waals surface area contributed by atoms with Crippen LogP contribution >= 0.6 is 0 Å². The molecule has 0 aromatic heterocycles. The van der Waals surface area contributed by atoms with Gasteiger partial charge in [0.25, 0.3) is 5.91 Å². The lowest BCUT2D eigenvalue weighted by molar-refractivity contribution is -0.123. The molecular formula is C22H36N2O5. The van der Waals surface area contributed by atoms with E-state index in [1.54, 1.807) is 24.3 Å². The summed E-state index contributed by atoms with van der Waals surface area (Å²) in [6.45, 7) is 6.00. The van der Waals surface area contributed by atoms with E-state index < -0.39 is 24.1 Å². The van der Waals surface area contributed by atoms with E-state index in [0.29, 0.717) is 12.3 Å². The van der Waals surface area contributed by atoms with Crippen LogP contribution in [0.5, 0.6) is 5.75 Å². The Morgan fingerprint density at radius 2 is 1.62 bits per heavy atom. The molecule has 7 nitrogen and oxygen atoms in total. The Morgan fingerprint density at radius 1 is 0.966 bits per heavy atom. The number of anilines is 1. The lowest BCUT2D eigenvalue weighted by atomic mass is 10.0. The minimum absolute atomic E-state index is 0.269. The average Bonchev–Trinajstić information content (AvgIpc) is 2.71. The first-order valence-corrected chi connectivity index (χ1v) is 10.5. The Balaban J connectivity index is 2.49. The van der Waals surface area contributed by atoms with Crippen LogP contribution in [0.25, 0.3) is 0 Å². The van der Waals surface area contributed by atoms with Crippen molar-refractivity contribution in [3.05, 3.63) is 24.3 Å². The zero-order chi connectivity index (χ0) is 21.5. The molecule has 0 fully saturated rings. The quantitative estimate of drug-likeness (QED) is 0.400. The number of hydrogen-bond acceptors (Lipinski definition) is 5. The Kier molecular flexibility index (Phi) is 11.8. The van der Waals surface area contributed by atoms with Crippen LogP contribution in [0.1, 0.15) is 65.7 Å². The van der Waals surface area contributed by atoms with Gasteiger partial charge >= 0.3 is 6.09 Å². The molecule has 0 unspecified atom stereocenters. The number of unbranched alkanes of at least 4 members (excludes halogenated alkanes) is 5. The van der Waals surface area contributed by atoms with Gasteiger partial charge in [-0.05, 0) is 44.0 Å². The number of benzene rings is 1. The van der Waals surface area contributed by atoms with Crippen LogP contribution in [-0.2, 0) is 9.53 Å². The second-order valence-electron chi connectivity index (χ2n) is 7.35. The van der Waals surface area contributed by atoms with E-state index in [1.807, 2.05) is 6.92 Å². The molecular weight excluding hydrogens is 372 g/mol. The van der Waals surface area contributed by atoms with Crippen LogP contribution in [0, 0.1) is 0 Å². The third-order valence-electron chi connectivity index (χ3n) is 4.56. The average molecular weight is 409 g/mol. The van der Waals surface area contributed by atoms with E-state index in [-0.39, 0.29) is 6.61 Å². The molecule has 1 atom stereocenters. The number of carbonyl (C=O) groups is 2. The lowest BCUT2D eigenvalue weighted by Gasteiger charge is -2.27. The molecule has 1 aromatic carbocycles. The van der Waals surface area contributed by atoms with E-state index in [1.165, 1.54) is 26.2 Å². The summed E-state index contributed by atoms with van der Waals surface area (Å²) in [4.78, 5) is 24.4. The molecule has 1 aromatic rings. The summed E-state index contributed by atoms with van der Waals surface area (Å²) in [7, 11) is 0. The highest BCUT2D eigenvalue weighted by molar-refractivity contribution is 5.99. The monoisotopic (exact) mass is 408 g/mol. The van der Waals surface area contributed by atoms with Crippen LogP contribution in [0.3, 0.4) is 0 Å². The molecule has 0 saturated heterocycles.